The number of carbonyl (C=O) groups is 2. The molecule has 17 heavy (non-hydrogen) atoms. The molecule has 0 saturated carbocycles. The van der Waals surface area contributed by atoms with Crippen molar-refractivity contribution in [2.75, 3.05) is 14.1 Å². The van der Waals surface area contributed by atoms with Gasteiger partial charge >= 0.3 is 0 Å². The standard InChI is InChI=1S/C13H22N2O2/c1-13(2,12(17)14-3)15(4)11(16)9-10-7-5-6-8-10/h5,7,10H,6,8-9H2,1-4H3,(H,14,17). The van der Waals surface area contributed by atoms with E-state index in [0.717, 1.165) is 12.8 Å². The molecule has 0 aliphatic heterocycles. The fraction of sp³-hybridized carbons (Fsp3) is 0.692. The summed E-state index contributed by atoms with van der Waals surface area (Å²) in [6.45, 7) is 3.52. The molecular weight excluding hydrogens is 216 g/mol. The van der Waals surface area contributed by atoms with E-state index in [0.29, 0.717) is 12.3 Å². The Bertz CT molecular complexity index is 334. The third-order valence-corrected chi connectivity index (χ3v) is 3.54. The number of carbonyl (C=O) groups excluding carboxylic acids is 2. The van der Waals surface area contributed by atoms with E-state index in [1.807, 2.05) is 0 Å². The molecule has 1 aliphatic rings. The molecule has 1 rings (SSSR count). The van der Waals surface area contributed by atoms with Crippen molar-refractivity contribution in [1.29, 1.82) is 0 Å². The summed E-state index contributed by atoms with van der Waals surface area (Å²) < 4.78 is 0. The third kappa shape index (κ3) is 3.08. The molecule has 0 aromatic carbocycles. The van der Waals surface area contributed by atoms with Crippen LogP contribution in [0.2, 0.25) is 0 Å². The highest BCUT2D eigenvalue weighted by Gasteiger charge is 2.34. The van der Waals surface area contributed by atoms with Gasteiger partial charge in [-0.3, -0.25) is 9.59 Å². The summed E-state index contributed by atoms with van der Waals surface area (Å²) in [7, 11) is 3.28. The van der Waals surface area contributed by atoms with Crippen molar-refractivity contribution in [1.82, 2.24) is 10.2 Å². The first-order valence-corrected chi connectivity index (χ1v) is 6.05. The van der Waals surface area contributed by atoms with Gasteiger partial charge in [0.15, 0.2) is 0 Å². The Labute approximate surface area is 103 Å². The number of likely N-dealkylation sites (N-methyl/N-ethyl adjacent to an activating group) is 2. The quantitative estimate of drug-likeness (QED) is 0.751. The topological polar surface area (TPSA) is 49.4 Å². The highest BCUT2D eigenvalue weighted by atomic mass is 16.2. The van der Waals surface area contributed by atoms with Gasteiger partial charge in [0.2, 0.25) is 11.8 Å². The highest BCUT2D eigenvalue weighted by molar-refractivity contribution is 5.90. The van der Waals surface area contributed by atoms with Gasteiger partial charge in [-0.2, -0.15) is 0 Å². The Morgan fingerprint density at radius 1 is 1.47 bits per heavy atom. The Morgan fingerprint density at radius 3 is 2.59 bits per heavy atom. The monoisotopic (exact) mass is 238 g/mol. The van der Waals surface area contributed by atoms with Crippen molar-refractivity contribution in [2.45, 2.75) is 38.6 Å². The van der Waals surface area contributed by atoms with Crippen molar-refractivity contribution in [3.63, 3.8) is 0 Å². The molecule has 2 amide bonds. The van der Waals surface area contributed by atoms with Gasteiger partial charge in [0.05, 0.1) is 0 Å². The van der Waals surface area contributed by atoms with Gasteiger partial charge in [-0.05, 0) is 32.6 Å². The van der Waals surface area contributed by atoms with Gasteiger partial charge in [0, 0.05) is 20.5 Å². The molecule has 0 heterocycles. The molecule has 0 radical (unpaired) electrons. The number of nitrogens with one attached hydrogen (secondary N) is 1. The summed E-state index contributed by atoms with van der Waals surface area (Å²) in [6, 6.07) is 0. The van der Waals surface area contributed by atoms with E-state index in [-0.39, 0.29) is 11.8 Å². The van der Waals surface area contributed by atoms with Crippen LogP contribution in [0.15, 0.2) is 12.2 Å². The van der Waals surface area contributed by atoms with Gasteiger partial charge in [-0.1, -0.05) is 12.2 Å². The number of allylic oxidation sites excluding steroid dienone is 2. The summed E-state index contributed by atoms with van der Waals surface area (Å²) in [4.78, 5) is 25.3. The molecule has 1 aliphatic carbocycles. The van der Waals surface area contributed by atoms with E-state index in [2.05, 4.69) is 17.5 Å². The van der Waals surface area contributed by atoms with E-state index in [9.17, 15) is 9.59 Å². The summed E-state index contributed by atoms with van der Waals surface area (Å²) in [5.74, 6) is 0.218. The number of nitrogens with zero attached hydrogens (tertiary/aromatic N) is 1. The zero-order chi connectivity index (χ0) is 13.1. The maximum absolute atomic E-state index is 12.1. The fourth-order valence-electron chi connectivity index (χ4n) is 2.00. The molecule has 4 nitrogen and oxygen atoms in total. The lowest BCUT2D eigenvalue weighted by Gasteiger charge is -2.34. The minimum Gasteiger partial charge on any atom is -0.357 e. The molecule has 1 unspecified atom stereocenters. The minimum atomic E-state index is -0.797. The number of rotatable bonds is 4. The zero-order valence-corrected chi connectivity index (χ0v) is 11.1. The average Bonchev–Trinajstić information content (AvgIpc) is 2.79. The van der Waals surface area contributed by atoms with Crippen LogP contribution in [-0.4, -0.2) is 36.3 Å². The first-order chi connectivity index (χ1) is 7.89. The molecule has 0 fully saturated rings. The number of hydrogen-bond acceptors (Lipinski definition) is 2. The largest absolute Gasteiger partial charge is 0.357 e. The van der Waals surface area contributed by atoms with Crippen LogP contribution in [0.3, 0.4) is 0 Å². The molecule has 1 N–H and O–H groups in total. The lowest BCUT2D eigenvalue weighted by atomic mass is 9.99. The van der Waals surface area contributed by atoms with Crippen molar-refractivity contribution < 1.29 is 9.59 Å². The van der Waals surface area contributed by atoms with Crippen molar-refractivity contribution in [2.24, 2.45) is 5.92 Å². The molecule has 0 aromatic heterocycles. The molecule has 1 atom stereocenters. The second-order valence-electron chi connectivity index (χ2n) is 5.06. The first kappa shape index (κ1) is 13.7. The van der Waals surface area contributed by atoms with Gasteiger partial charge in [-0.25, -0.2) is 0 Å². The lowest BCUT2D eigenvalue weighted by Crippen LogP contribution is -2.54. The summed E-state index contributed by atoms with van der Waals surface area (Å²) >= 11 is 0. The third-order valence-electron chi connectivity index (χ3n) is 3.54. The molecule has 96 valence electrons. The molecular formula is C13H22N2O2. The Hall–Kier alpha value is -1.32. The molecule has 0 saturated heterocycles. The van der Waals surface area contributed by atoms with Gasteiger partial charge in [0.25, 0.3) is 0 Å². The normalized spacial score (nSPS) is 19.2. The predicted molar refractivity (Wildman–Crippen MR) is 67.4 cm³/mol. The van der Waals surface area contributed by atoms with Crippen LogP contribution in [0.5, 0.6) is 0 Å². The Morgan fingerprint density at radius 2 is 2.12 bits per heavy atom. The Kier molecular flexibility index (Phi) is 4.32. The molecule has 0 spiro atoms. The summed E-state index contributed by atoms with van der Waals surface area (Å²) in [6.07, 6.45) is 6.80. The van der Waals surface area contributed by atoms with Crippen molar-refractivity contribution >= 4 is 11.8 Å². The average molecular weight is 238 g/mol. The van der Waals surface area contributed by atoms with Crippen LogP contribution >= 0.6 is 0 Å². The zero-order valence-electron chi connectivity index (χ0n) is 11.1. The van der Waals surface area contributed by atoms with Gasteiger partial charge < -0.3 is 10.2 Å². The fourth-order valence-corrected chi connectivity index (χ4v) is 2.00. The smallest absolute Gasteiger partial charge is 0.245 e. The van der Waals surface area contributed by atoms with E-state index >= 15 is 0 Å². The minimum absolute atomic E-state index is 0.0233. The predicted octanol–water partition coefficient (Wildman–Crippen LogP) is 1.33. The van der Waals surface area contributed by atoms with Gasteiger partial charge in [0.1, 0.15) is 5.54 Å². The molecule has 0 aromatic rings. The lowest BCUT2D eigenvalue weighted by molar-refractivity contribution is -0.144. The van der Waals surface area contributed by atoms with E-state index in [4.69, 9.17) is 0 Å². The van der Waals surface area contributed by atoms with Crippen LogP contribution < -0.4 is 5.32 Å². The molecule has 0 bridgehead atoms. The van der Waals surface area contributed by atoms with E-state index in [1.165, 1.54) is 4.90 Å². The number of hydrogen-bond donors (Lipinski definition) is 1. The van der Waals surface area contributed by atoms with Crippen LogP contribution in [0.25, 0.3) is 0 Å². The van der Waals surface area contributed by atoms with Gasteiger partial charge in [-0.15, -0.1) is 0 Å². The first-order valence-electron chi connectivity index (χ1n) is 6.05. The van der Waals surface area contributed by atoms with Crippen LogP contribution in [0, 0.1) is 5.92 Å². The second-order valence-corrected chi connectivity index (χ2v) is 5.06. The summed E-state index contributed by atoms with van der Waals surface area (Å²) in [5, 5.41) is 2.59. The van der Waals surface area contributed by atoms with E-state index in [1.54, 1.807) is 27.9 Å². The molecule has 4 heteroatoms. The van der Waals surface area contributed by atoms with E-state index < -0.39 is 5.54 Å². The summed E-state index contributed by atoms with van der Waals surface area (Å²) in [5.41, 5.74) is -0.797. The van der Waals surface area contributed by atoms with Crippen LogP contribution in [0.4, 0.5) is 0 Å². The van der Waals surface area contributed by atoms with Crippen molar-refractivity contribution in [3.8, 4) is 0 Å². The second kappa shape index (κ2) is 5.34. The maximum Gasteiger partial charge on any atom is 0.245 e. The Balaban J connectivity index is 2.61. The van der Waals surface area contributed by atoms with Crippen LogP contribution in [-0.2, 0) is 9.59 Å². The number of amides is 2. The highest BCUT2D eigenvalue weighted by Crippen LogP contribution is 2.23. The van der Waals surface area contributed by atoms with Crippen LogP contribution in [0.1, 0.15) is 33.1 Å². The SMILES string of the molecule is CNC(=O)C(C)(C)N(C)C(=O)CC1C=CCC1. The maximum atomic E-state index is 12.1. The van der Waals surface area contributed by atoms with Crippen molar-refractivity contribution in [3.05, 3.63) is 12.2 Å².